The Morgan fingerprint density at radius 2 is 1.60 bits per heavy atom. The summed E-state index contributed by atoms with van der Waals surface area (Å²) in [6.45, 7) is 6.55. The largest absolute Gasteiger partial charge is 0.310 e. The molecular formula is C18H22N2. The highest BCUT2D eigenvalue weighted by atomic mass is 15.0. The molecule has 104 valence electrons. The fourth-order valence-electron chi connectivity index (χ4n) is 3.41. The van der Waals surface area contributed by atoms with E-state index in [-0.39, 0.29) is 0 Å². The van der Waals surface area contributed by atoms with Crippen LogP contribution in [0, 0.1) is 20.8 Å². The van der Waals surface area contributed by atoms with Crippen molar-refractivity contribution in [2.75, 3.05) is 0 Å². The van der Waals surface area contributed by atoms with Gasteiger partial charge < -0.3 is 11.5 Å². The minimum absolute atomic E-state index is 0.306. The number of hydrogen-bond acceptors (Lipinski definition) is 2. The molecule has 2 nitrogen and oxygen atoms in total. The van der Waals surface area contributed by atoms with Crippen molar-refractivity contribution in [2.45, 2.75) is 38.8 Å². The molecular weight excluding hydrogens is 244 g/mol. The molecule has 0 saturated carbocycles. The maximum Gasteiger partial charge on any atom is 0.0911 e. The molecule has 0 aliphatic heterocycles. The molecule has 1 aliphatic carbocycles. The van der Waals surface area contributed by atoms with Gasteiger partial charge in [0.1, 0.15) is 0 Å². The zero-order valence-corrected chi connectivity index (χ0v) is 12.4. The van der Waals surface area contributed by atoms with E-state index in [0.29, 0.717) is 5.92 Å². The second-order valence-corrected chi connectivity index (χ2v) is 6.11. The number of hydrogen-bond donors (Lipinski definition) is 2. The van der Waals surface area contributed by atoms with E-state index >= 15 is 0 Å². The Labute approximate surface area is 120 Å². The van der Waals surface area contributed by atoms with Crippen LogP contribution in [0.3, 0.4) is 0 Å². The highest BCUT2D eigenvalue weighted by Gasteiger charge is 2.38. The van der Waals surface area contributed by atoms with Gasteiger partial charge in [-0.05, 0) is 60.6 Å². The number of aryl methyl sites for hydroxylation is 1. The molecule has 0 heterocycles. The van der Waals surface area contributed by atoms with Crippen LogP contribution in [0.15, 0.2) is 36.4 Å². The molecule has 4 N–H and O–H groups in total. The van der Waals surface area contributed by atoms with Crippen molar-refractivity contribution in [3.8, 4) is 0 Å². The number of rotatable bonds is 1. The van der Waals surface area contributed by atoms with Gasteiger partial charge in [0.05, 0.1) is 5.66 Å². The standard InChI is InChI=1S/C18H22N2/c1-11-8-9-14(13(3)12(11)2)16-10-18(19,20)17-7-5-4-6-15(16)17/h4-9,16H,10,19-20H2,1-3H3. The second kappa shape index (κ2) is 4.44. The van der Waals surface area contributed by atoms with Gasteiger partial charge in [-0.1, -0.05) is 36.4 Å². The first-order chi connectivity index (χ1) is 9.42. The molecule has 0 fully saturated rings. The second-order valence-electron chi connectivity index (χ2n) is 6.11. The molecule has 3 rings (SSSR count). The van der Waals surface area contributed by atoms with Crippen molar-refractivity contribution >= 4 is 0 Å². The fourth-order valence-corrected chi connectivity index (χ4v) is 3.41. The summed E-state index contributed by atoms with van der Waals surface area (Å²) < 4.78 is 0. The first kappa shape index (κ1) is 13.3. The van der Waals surface area contributed by atoms with Crippen LogP contribution < -0.4 is 11.5 Å². The molecule has 0 radical (unpaired) electrons. The van der Waals surface area contributed by atoms with Crippen molar-refractivity contribution in [1.29, 1.82) is 0 Å². The molecule has 0 saturated heterocycles. The molecule has 20 heavy (non-hydrogen) atoms. The number of fused-ring (bicyclic) bond motifs is 1. The normalized spacial score (nSPS) is 19.9. The lowest BCUT2D eigenvalue weighted by Crippen LogP contribution is -2.43. The van der Waals surface area contributed by atoms with Gasteiger partial charge >= 0.3 is 0 Å². The van der Waals surface area contributed by atoms with Gasteiger partial charge in [-0.25, -0.2) is 0 Å². The van der Waals surface area contributed by atoms with Gasteiger partial charge in [-0.15, -0.1) is 0 Å². The van der Waals surface area contributed by atoms with E-state index in [1.807, 2.05) is 6.07 Å². The predicted octanol–water partition coefficient (Wildman–Crippen LogP) is 3.22. The Balaban J connectivity index is 2.16. The highest BCUT2D eigenvalue weighted by molar-refractivity contribution is 5.50. The molecule has 1 unspecified atom stereocenters. The van der Waals surface area contributed by atoms with Crippen LogP contribution in [0.4, 0.5) is 0 Å². The fraction of sp³-hybridized carbons (Fsp3) is 0.333. The van der Waals surface area contributed by atoms with E-state index in [0.717, 1.165) is 12.0 Å². The first-order valence-electron chi connectivity index (χ1n) is 7.15. The summed E-state index contributed by atoms with van der Waals surface area (Å²) in [7, 11) is 0. The van der Waals surface area contributed by atoms with Gasteiger partial charge in [0.15, 0.2) is 0 Å². The maximum absolute atomic E-state index is 6.31. The summed E-state index contributed by atoms with van der Waals surface area (Å²) in [5, 5.41) is 0. The van der Waals surface area contributed by atoms with Crippen LogP contribution in [0.1, 0.15) is 45.7 Å². The summed E-state index contributed by atoms with van der Waals surface area (Å²) in [4.78, 5) is 0. The summed E-state index contributed by atoms with van der Waals surface area (Å²) in [5.74, 6) is 0.306. The van der Waals surface area contributed by atoms with Crippen LogP contribution in [0.5, 0.6) is 0 Å². The summed E-state index contributed by atoms with van der Waals surface area (Å²) in [5.41, 5.74) is 19.7. The number of nitrogens with two attached hydrogens (primary N) is 2. The van der Waals surface area contributed by atoms with Crippen LogP contribution in [0.25, 0.3) is 0 Å². The zero-order valence-electron chi connectivity index (χ0n) is 12.4. The molecule has 0 spiro atoms. The van der Waals surface area contributed by atoms with Gasteiger partial charge in [0.2, 0.25) is 0 Å². The third kappa shape index (κ3) is 1.88. The quantitative estimate of drug-likeness (QED) is 0.779. The Hall–Kier alpha value is -1.64. The lowest BCUT2D eigenvalue weighted by atomic mass is 9.86. The van der Waals surface area contributed by atoms with Crippen molar-refractivity contribution in [3.63, 3.8) is 0 Å². The molecule has 0 bridgehead atoms. The van der Waals surface area contributed by atoms with E-state index < -0.39 is 5.66 Å². The molecule has 0 amide bonds. The van der Waals surface area contributed by atoms with Gasteiger partial charge in [-0.3, -0.25) is 0 Å². The van der Waals surface area contributed by atoms with E-state index in [1.54, 1.807) is 0 Å². The minimum Gasteiger partial charge on any atom is -0.310 e. The topological polar surface area (TPSA) is 52.0 Å². The SMILES string of the molecule is Cc1ccc(C2CC(N)(N)c3ccccc32)c(C)c1C. The third-order valence-electron chi connectivity index (χ3n) is 4.85. The smallest absolute Gasteiger partial charge is 0.0911 e. The highest BCUT2D eigenvalue weighted by Crippen LogP contribution is 2.45. The minimum atomic E-state index is -0.716. The van der Waals surface area contributed by atoms with Gasteiger partial charge in [-0.2, -0.15) is 0 Å². The molecule has 0 aromatic heterocycles. The lowest BCUT2D eigenvalue weighted by Gasteiger charge is -2.21. The van der Waals surface area contributed by atoms with E-state index in [4.69, 9.17) is 11.5 Å². The Morgan fingerprint density at radius 3 is 2.35 bits per heavy atom. The number of benzene rings is 2. The van der Waals surface area contributed by atoms with Crippen molar-refractivity contribution < 1.29 is 0 Å². The third-order valence-corrected chi connectivity index (χ3v) is 4.85. The molecule has 2 heteroatoms. The van der Waals surface area contributed by atoms with E-state index in [1.165, 1.54) is 27.8 Å². The average Bonchev–Trinajstić information content (AvgIpc) is 2.69. The molecule has 1 aliphatic rings. The average molecular weight is 266 g/mol. The zero-order chi connectivity index (χ0) is 14.5. The molecule has 2 aromatic rings. The summed E-state index contributed by atoms with van der Waals surface area (Å²) >= 11 is 0. The summed E-state index contributed by atoms with van der Waals surface area (Å²) in [6.07, 6.45) is 0.773. The van der Waals surface area contributed by atoms with Crippen LogP contribution >= 0.6 is 0 Å². The monoisotopic (exact) mass is 266 g/mol. The van der Waals surface area contributed by atoms with Crippen LogP contribution in [-0.4, -0.2) is 0 Å². The lowest BCUT2D eigenvalue weighted by molar-refractivity contribution is 0.444. The van der Waals surface area contributed by atoms with Crippen LogP contribution in [-0.2, 0) is 5.66 Å². The maximum atomic E-state index is 6.31. The van der Waals surface area contributed by atoms with Crippen molar-refractivity contribution in [3.05, 3.63) is 69.8 Å². The Bertz CT molecular complexity index is 671. The van der Waals surface area contributed by atoms with E-state index in [2.05, 4.69) is 51.1 Å². The molecule has 2 aromatic carbocycles. The summed E-state index contributed by atoms with van der Waals surface area (Å²) in [6, 6.07) is 12.8. The van der Waals surface area contributed by atoms with Crippen molar-refractivity contribution in [1.82, 2.24) is 0 Å². The van der Waals surface area contributed by atoms with Crippen molar-refractivity contribution in [2.24, 2.45) is 11.5 Å². The Morgan fingerprint density at radius 1 is 0.900 bits per heavy atom. The predicted molar refractivity (Wildman–Crippen MR) is 83.6 cm³/mol. The van der Waals surface area contributed by atoms with Gasteiger partial charge in [0, 0.05) is 5.92 Å². The Kier molecular flexibility index (Phi) is 2.96. The first-order valence-corrected chi connectivity index (χ1v) is 7.15. The van der Waals surface area contributed by atoms with E-state index in [9.17, 15) is 0 Å². The van der Waals surface area contributed by atoms with Gasteiger partial charge in [0.25, 0.3) is 0 Å². The van der Waals surface area contributed by atoms with Crippen LogP contribution in [0.2, 0.25) is 0 Å². The molecule has 1 atom stereocenters.